The Morgan fingerprint density at radius 2 is 2.17 bits per heavy atom. The van der Waals surface area contributed by atoms with Gasteiger partial charge in [0.2, 0.25) is 0 Å². The largest absolute Gasteiger partial charge is 0.497 e. The highest BCUT2D eigenvalue weighted by atomic mass is 32.1. The minimum Gasteiger partial charge on any atom is -0.497 e. The van der Waals surface area contributed by atoms with Crippen LogP contribution in [0.5, 0.6) is 5.75 Å². The van der Waals surface area contributed by atoms with Gasteiger partial charge in [0.15, 0.2) is 0 Å². The standard InChI is InChI=1S/C13H20N2O2S/c1-9(2)17-7-6-15-12-8-10(16-3)4-5-11(12)13(14)18/h4-5,8-9,15H,6-7H2,1-3H3,(H2,14,18). The lowest BCUT2D eigenvalue weighted by Crippen LogP contribution is -2.17. The van der Waals surface area contributed by atoms with E-state index in [1.54, 1.807) is 7.11 Å². The second kappa shape index (κ2) is 7.18. The Morgan fingerprint density at radius 1 is 1.44 bits per heavy atom. The monoisotopic (exact) mass is 268 g/mol. The molecule has 0 aromatic heterocycles. The van der Waals surface area contributed by atoms with Crippen molar-refractivity contribution in [3.05, 3.63) is 23.8 Å². The third-order valence-corrected chi connectivity index (χ3v) is 2.58. The molecule has 5 heteroatoms. The van der Waals surface area contributed by atoms with E-state index < -0.39 is 0 Å². The van der Waals surface area contributed by atoms with Crippen LogP contribution in [0.25, 0.3) is 0 Å². The van der Waals surface area contributed by atoms with Crippen LogP contribution in [0.1, 0.15) is 19.4 Å². The Labute approximate surface area is 113 Å². The summed E-state index contributed by atoms with van der Waals surface area (Å²) >= 11 is 5.02. The van der Waals surface area contributed by atoms with Crippen LogP contribution in [0.15, 0.2) is 18.2 Å². The number of nitrogens with two attached hydrogens (primary N) is 1. The Hall–Kier alpha value is -1.33. The first-order chi connectivity index (χ1) is 8.54. The number of benzene rings is 1. The molecule has 100 valence electrons. The quantitative estimate of drug-likeness (QED) is 0.586. The maximum Gasteiger partial charge on any atom is 0.120 e. The average molecular weight is 268 g/mol. The molecule has 0 heterocycles. The molecule has 1 aromatic rings. The highest BCUT2D eigenvalue weighted by molar-refractivity contribution is 7.80. The van der Waals surface area contributed by atoms with E-state index in [-0.39, 0.29) is 6.10 Å². The molecule has 4 nitrogen and oxygen atoms in total. The van der Waals surface area contributed by atoms with Crippen molar-refractivity contribution in [3.8, 4) is 5.75 Å². The molecule has 0 radical (unpaired) electrons. The number of rotatable bonds is 7. The van der Waals surface area contributed by atoms with Gasteiger partial charge in [-0.05, 0) is 26.0 Å². The Bertz CT molecular complexity index is 408. The lowest BCUT2D eigenvalue weighted by Gasteiger charge is -2.13. The van der Waals surface area contributed by atoms with Crippen LogP contribution in [-0.2, 0) is 4.74 Å². The van der Waals surface area contributed by atoms with Crippen LogP contribution in [0, 0.1) is 0 Å². The fraction of sp³-hybridized carbons (Fsp3) is 0.462. The van der Waals surface area contributed by atoms with Crippen molar-refractivity contribution in [2.45, 2.75) is 20.0 Å². The topological polar surface area (TPSA) is 56.5 Å². The maximum absolute atomic E-state index is 5.68. The van der Waals surface area contributed by atoms with Crippen molar-refractivity contribution in [2.75, 3.05) is 25.6 Å². The first-order valence-electron chi connectivity index (χ1n) is 5.88. The maximum atomic E-state index is 5.68. The van der Waals surface area contributed by atoms with Gasteiger partial charge in [0.1, 0.15) is 10.7 Å². The molecule has 0 aliphatic carbocycles. The molecule has 3 N–H and O–H groups in total. The molecular weight excluding hydrogens is 248 g/mol. The molecule has 0 bridgehead atoms. The molecule has 0 fully saturated rings. The lowest BCUT2D eigenvalue weighted by atomic mass is 10.1. The van der Waals surface area contributed by atoms with E-state index in [2.05, 4.69) is 5.32 Å². The van der Waals surface area contributed by atoms with Gasteiger partial charge in [0, 0.05) is 23.9 Å². The van der Waals surface area contributed by atoms with E-state index in [4.69, 9.17) is 27.4 Å². The molecule has 0 aliphatic rings. The Morgan fingerprint density at radius 3 is 2.72 bits per heavy atom. The molecule has 18 heavy (non-hydrogen) atoms. The summed E-state index contributed by atoms with van der Waals surface area (Å²) in [5.74, 6) is 0.766. The summed E-state index contributed by atoms with van der Waals surface area (Å²) in [6.45, 7) is 5.34. The number of nitrogens with one attached hydrogen (secondary N) is 1. The number of methoxy groups -OCH3 is 1. The number of thiocarbonyl (C=S) groups is 1. The second-order valence-electron chi connectivity index (χ2n) is 4.12. The van der Waals surface area contributed by atoms with Gasteiger partial charge in [-0.2, -0.15) is 0 Å². The molecule has 0 aliphatic heterocycles. The number of hydrogen-bond donors (Lipinski definition) is 2. The van der Waals surface area contributed by atoms with E-state index in [9.17, 15) is 0 Å². The third-order valence-electron chi connectivity index (χ3n) is 2.36. The van der Waals surface area contributed by atoms with Gasteiger partial charge in [-0.1, -0.05) is 12.2 Å². The van der Waals surface area contributed by atoms with Crippen molar-refractivity contribution >= 4 is 22.9 Å². The van der Waals surface area contributed by atoms with E-state index in [0.717, 1.165) is 17.0 Å². The fourth-order valence-corrected chi connectivity index (χ4v) is 1.67. The van der Waals surface area contributed by atoms with Gasteiger partial charge in [-0.3, -0.25) is 0 Å². The smallest absolute Gasteiger partial charge is 0.120 e. The zero-order chi connectivity index (χ0) is 13.5. The van der Waals surface area contributed by atoms with Crippen LogP contribution in [0.4, 0.5) is 5.69 Å². The minimum atomic E-state index is 0.229. The Balaban J connectivity index is 2.69. The van der Waals surface area contributed by atoms with E-state index in [1.807, 2.05) is 32.0 Å². The summed E-state index contributed by atoms with van der Waals surface area (Å²) in [7, 11) is 1.63. The van der Waals surface area contributed by atoms with Gasteiger partial charge >= 0.3 is 0 Å². The molecule has 0 saturated carbocycles. The molecule has 0 unspecified atom stereocenters. The van der Waals surface area contributed by atoms with Crippen LogP contribution in [0.3, 0.4) is 0 Å². The molecule has 0 atom stereocenters. The first-order valence-corrected chi connectivity index (χ1v) is 6.28. The summed E-state index contributed by atoms with van der Waals surface area (Å²) in [6.07, 6.45) is 0.229. The average Bonchev–Trinajstić information content (AvgIpc) is 2.33. The van der Waals surface area contributed by atoms with Gasteiger partial charge in [-0.15, -0.1) is 0 Å². The van der Waals surface area contributed by atoms with E-state index in [1.165, 1.54) is 0 Å². The zero-order valence-electron chi connectivity index (χ0n) is 11.0. The van der Waals surface area contributed by atoms with Crippen LogP contribution >= 0.6 is 12.2 Å². The van der Waals surface area contributed by atoms with Crippen molar-refractivity contribution in [1.82, 2.24) is 0 Å². The van der Waals surface area contributed by atoms with E-state index in [0.29, 0.717) is 18.1 Å². The van der Waals surface area contributed by atoms with E-state index >= 15 is 0 Å². The summed E-state index contributed by atoms with van der Waals surface area (Å²) in [5.41, 5.74) is 7.36. The van der Waals surface area contributed by atoms with Crippen LogP contribution in [-0.4, -0.2) is 31.4 Å². The molecule has 0 saturated heterocycles. The zero-order valence-corrected chi connectivity index (χ0v) is 11.8. The number of hydrogen-bond acceptors (Lipinski definition) is 4. The fourth-order valence-electron chi connectivity index (χ4n) is 1.49. The highest BCUT2D eigenvalue weighted by Crippen LogP contribution is 2.22. The SMILES string of the molecule is COc1ccc(C(N)=S)c(NCCOC(C)C)c1. The lowest BCUT2D eigenvalue weighted by molar-refractivity contribution is 0.0870. The van der Waals surface area contributed by atoms with Gasteiger partial charge < -0.3 is 20.5 Å². The van der Waals surface area contributed by atoms with Gasteiger partial charge in [0.05, 0.1) is 19.8 Å². The van der Waals surface area contributed by atoms with Crippen LogP contribution < -0.4 is 15.8 Å². The first kappa shape index (κ1) is 14.7. The normalized spacial score (nSPS) is 10.4. The number of ether oxygens (including phenoxy) is 2. The van der Waals surface area contributed by atoms with Gasteiger partial charge in [-0.25, -0.2) is 0 Å². The molecular formula is C13H20N2O2S. The number of anilines is 1. The third kappa shape index (κ3) is 4.50. The molecule has 0 spiro atoms. The summed E-state index contributed by atoms with van der Waals surface area (Å²) in [5, 5.41) is 3.25. The second-order valence-corrected chi connectivity index (χ2v) is 4.56. The Kier molecular flexibility index (Phi) is 5.88. The summed E-state index contributed by atoms with van der Waals surface area (Å²) in [6, 6.07) is 5.57. The predicted octanol–water partition coefficient (Wildman–Crippen LogP) is 2.17. The highest BCUT2D eigenvalue weighted by Gasteiger charge is 2.06. The summed E-state index contributed by atoms with van der Waals surface area (Å²) < 4.78 is 10.6. The molecule has 0 amide bonds. The summed E-state index contributed by atoms with van der Waals surface area (Å²) in [4.78, 5) is 0.366. The van der Waals surface area contributed by atoms with Crippen molar-refractivity contribution < 1.29 is 9.47 Å². The molecule has 1 rings (SSSR count). The van der Waals surface area contributed by atoms with Crippen molar-refractivity contribution in [2.24, 2.45) is 5.73 Å². The predicted molar refractivity (Wildman–Crippen MR) is 78.5 cm³/mol. The molecule has 1 aromatic carbocycles. The van der Waals surface area contributed by atoms with Crippen molar-refractivity contribution in [1.29, 1.82) is 0 Å². The van der Waals surface area contributed by atoms with Crippen molar-refractivity contribution in [3.63, 3.8) is 0 Å². The van der Waals surface area contributed by atoms with Gasteiger partial charge in [0.25, 0.3) is 0 Å². The van der Waals surface area contributed by atoms with Crippen LogP contribution in [0.2, 0.25) is 0 Å². The minimum absolute atomic E-state index is 0.229.